The topological polar surface area (TPSA) is 245 Å². The summed E-state index contributed by atoms with van der Waals surface area (Å²) in [7, 11) is 0. The number of aliphatic hydroxyl groups excluding tert-OH is 4. The first-order chi connectivity index (χ1) is 20.4. The molecule has 9 N–H and O–H groups in total. The molecule has 2 fully saturated rings. The Balaban J connectivity index is 1.50. The standard InChI is InChI=1S/C28H34O15/c29-11-20-23(42-21(35)6-3-14-1-4-16(31)18(33)9-14)24(43-27-25(37)28(38,12-30)13-40-27)22(36)26(41-20)39-8-7-15-2-5-17(32)19(34)10-15/h1-6,9-10,20,22-27,29-34,36-38H,7-8,11-13H2/b6-3+/t20-,22-,23-,24-,25+,26-,27+,28+/m1/s1. The third-order valence-electron chi connectivity index (χ3n) is 7.04. The van der Waals surface area contributed by atoms with E-state index >= 15 is 0 Å². The molecule has 0 amide bonds. The number of esters is 1. The molecule has 0 spiro atoms. The van der Waals surface area contributed by atoms with Crippen LogP contribution in [0.5, 0.6) is 23.0 Å². The van der Waals surface area contributed by atoms with E-state index in [1.807, 2.05) is 0 Å². The number of benzene rings is 2. The van der Waals surface area contributed by atoms with Crippen molar-refractivity contribution in [1.29, 1.82) is 0 Å². The van der Waals surface area contributed by atoms with Crippen molar-refractivity contribution in [2.75, 3.05) is 26.4 Å². The van der Waals surface area contributed by atoms with Gasteiger partial charge in [-0.15, -0.1) is 0 Å². The molecule has 2 aromatic rings. The van der Waals surface area contributed by atoms with Gasteiger partial charge in [0.15, 0.2) is 41.7 Å². The smallest absolute Gasteiger partial charge is 0.331 e. The number of aromatic hydroxyl groups is 4. The molecule has 0 aromatic heterocycles. The summed E-state index contributed by atoms with van der Waals surface area (Å²) in [6.45, 7) is -2.18. The average Bonchev–Trinajstić information content (AvgIpc) is 3.27. The normalized spacial score (nSPS) is 31.0. The minimum Gasteiger partial charge on any atom is -0.504 e. The second-order valence-electron chi connectivity index (χ2n) is 10.1. The summed E-state index contributed by atoms with van der Waals surface area (Å²) in [6.07, 6.45) is -8.43. The fourth-order valence-electron chi connectivity index (χ4n) is 4.54. The molecule has 236 valence electrons. The van der Waals surface area contributed by atoms with Crippen molar-refractivity contribution >= 4 is 12.0 Å². The fourth-order valence-corrected chi connectivity index (χ4v) is 4.54. The van der Waals surface area contributed by atoms with E-state index in [1.54, 1.807) is 6.07 Å². The van der Waals surface area contributed by atoms with Gasteiger partial charge in [-0.2, -0.15) is 0 Å². The monoisotopic (exact) mass is 610 g/mol. The Morgan fingerprint density at radius 2 is 1.65 bits per heavy atom. The van der Waals surface area contributed by atoms with Gasteiger partial charge in [0.1, 0.15) is 30.0 Å². The molecule has 4 rings (SSSR count). The molecule has 15 nitrogen and oxygen atoms in total. The lowest BCUT2D eigenvalue weighted by Gasteiger charge is -2.44. The zero-order chi connectivity index (χ0) is 31.3. The van der Waals surface area contributed by atoms with Crippen molar-refractivity contribution in [3.05, 3.63) is 53.6 Å². The van der Waals surface area contributed by atoms with Gasteiger partial charge in [-0.1, -0.05) is 12.1 Å². The van der Waals surface area contributed by atoms with Crippen molar-refractivity contribution in [2.24, 2.45) is 0 Å². The Morgan fingerprint density at radius 1 is 0.953 bits per heavy atom. The zero-order valence-corrected chi connectivity index (χ0v) is 22.7. The van der Waals surface area contributed by atoms with Crippen molar-refractivity contribution in [1.82, 2.24) is 0 Å². The van der Waals surface area contributed by atoms with Gasteiger partial charge in [0.2, 0.25) is 0 Å². The average molecular weight is 611 g/mol. The Bertz CT molecular complexity index is 1280. The van der Waals surface area contributed by atoms with E-state index in [4.69, 9.17) is 23.7 Å². The molecule has 0 aliphatic carbocycles. The van der Waals surface area contributed by atoms with Crippen LogP contribution in [0.1, 0.15) is 11.1 Å². The molecule has 2 saturated heterocycles. The fraction of sp³-hybridized carbons (Fsp3) is 0.464. The molecule has 2 aliphatic rings. The van der Waals surface area contributed by atoms with Gasteiger partial charge in [-0.3, -0.25) is 0 Å². The summed E-state index contributed by atoms with van der Waals surface area (Å²) in [5.74, 6) is -2.39. The molecule has 8 atom stereocenters. The van der Waals surface area contributed by atoms with Crippen LogP contribution >= 0.6 is 0 Å². The number of carbonyl (C=O) groups excluding carboxylic acids is 1. The predicted octanol–water partition coefficient (Wildman–Crippen LogP) is -1.40. The Hall–Kier alpha value is -3.51. The van der Waals surface area contributed by atoms with Gasteiger partial charge < -0.3 is 69.6 Å². The van der Waals surface area contributed by atoms with Gasteiger partial charge in [0.05, 0.1) is 26.4 Å². The number of aliphatic hydroxyl groups is 5. The van der Waals surface area contributed by atoms with Crippen molar-refractivity contribution in [3.8, 4) is 23.0 Å². The Morgan fingerprint density at radius 3 is 2.28 bits per heavy atom. The molecule has 43 heavy (non-hydrogen) atoms. The highest BCUT2D eigenvalue weighted by molar-refractivity contribution is 5.87. The van der Waals surface area contributed by atoms with Gasteiger partial charge in [-0.25, -0.2) is 4.79 Å². The van der Waals surface area contributed by atoms with E-state index in [9.17, 15) is 50.8 Å². The molecule has 0 saturated carbocycles. The summed E-state index contributed by atoms with van der Waals surface area (Å²) in [5, 5.41) is 89.8. The highest BCUT2D eigenvalue weighted by Gasteiger charge is 2.54. The number of phenolic OH excluding ortho intramolecular Hbond substituents is 4. The Kier molecular flexibility index (Phi) is 10.4. The minimum atomic E-state index is -2.06. The first-order valence-electron chi connectivity index (χ1n) is 13.2. The molecule has 0 bridgehead atoms. The third-order valence-corrected chi connectivity index (χ3v) is 7.04. The van der Waals surface area contributed by atoms with E-state index in [2.05, 4.69) is 0 Å². The van der Waals surface area contributed by atoms with E-state index in [0.29, 0.717) is 11.1 Å². The summed E-state index contributed by atoms with van der Waals surface area (Å²) in [6, 6.07) is 7.98. The number of ether oxygens (including phenoxy) is 5. The van der Waals surface area contributed by atoms with E-state index in [0.717, 1.165) is 6.08 Å². The van der Waals surface area contributed by atoms with Crippen LogP contribution in [0.15, 0.2) is 42.5 Å². The van der Waals surface area contributed by atoms with Crippen LogP contribution in [0.2, 0.25) is 0 Å². The maximum atomic E-state index is 12.7. The minimum absolute atomic E-state index is 0.0731. The zero-order valence-electron chi connectivity index (χ0n) is 22.7. The maximum Gasteiger partial charge on any atom is 0.331 e. The number of phenols is 4. The maximum absolute atomic E-state index is 12.7. The van der Waals surface area contributed by atoms with Crippen molar-refractivity contribution in [3.63, 3.8) is 0 Å². The SMILES string of the molecule is O=C(/C=C/c1ccc(O)c(O)c1)O[C@H]1[C@H](O[C@@H]2OC[C@@](O)(CO)[C@H]2O)[C@@H](O)[C@H](OCCc2ccc(O)c(O)c2)O[C@@H]1CO. The van der Waals surface area contributed by atoms with Gasteiger partial charge in [-0.05, 0) is 47.9 Å². The molecule has 0 radical (unpaired) electrons. The van der Waals surface area contributed by atoms with Gasteiger partial charge in [0.25, 0.3) is 0 Å². The van der Waals surface area contributed by atoms with E-state index in [1.165, 1.54) is 36.4 Å². The van der Waals surface area contributed by atoms with Crippen molar-refractivity contribution in [2.45, 2.75) is 55.1 Å². The lowest BCUT2D eigenvalue weighted by atomic mass is 9.97. The van der Waals surface area contributed by atoms with Crippen LogP contribution < -0.4 is 0 Å². The van der Waals surface area contributed by atoms with Crippen LogP contribution in [0.25, 0.3) is 6.08 Å². The lowest BCUT2D eigenvalue weighted by Crippen LogP contribution is -2.62. The van der Waals surface area contributed by atoms with E-state index in [-0.39, 0.29) is 30.3 Å². The van der Waals surface area contributed by atoms with Gasteiger partial charge >= 0.3 is 5.97 Å². The van der Waals surface area contributed by atoms with Crippen molar-refractivity contribution < 1.29 is 74.4 Å². The molecule has 2 heterocycles. The second kappa shape index (κ2) is 13.9. The molecular formula is C28H34O15. The molecule has 2 aliphatic heterocycles. The number of hydrogen-bond acceptors (Lipinski definition) is 15. The first-order valence-corrected chi connectivity index (χ1v) is 13.2. The van der Waals surface area contributed by atoms with E-state index < -0.39 is 80.2 Å². The number of hydrogen-bond donors (Lipinski definition) is 9. The first kappa shape index (κ1) is 32.4. The largest absolute Gasteiger partial charge is 0.504 e. The summed E-state index contributed by atoms with van der Waals surface area (Å²) >= 11 is 0. The van der Waals surface area contributed by atoms with Crippen LogP contribution in [-0.4, -0.2) is 127 Å². The highest BCUT2D eigenvalue weighted by Crippen LogP contribution is 2.33. The molecule has 2 aromatic carbocycles. The van der Waals surface area contributed by atoms with Crippen LogP contribution in [0.4, 0.5) is 0 Å². The molecular weight excluding hydrogens is 576 g/mol. The summed E-state index contributed by atoms with van der Waals surface area (Å²) in [5.41, 5.74) is -1.15. The second-order valence-corrected chi connectivity index (χ2v) is 10.1. The quantitative estimate of drug-likeness (QED) is 0.0806. The lowest BCUT2D eigenvalue weighted by molar-refractivity contribution is -0.330. The van der Waals surface area contributed by atoms with Gasteiger partial charge in [0, 0.05) is 6.08 Å². The highest BCUT2D eigenvalue weighted by atomic mass is 16.7. The Labute approximate surface area is 245 Å². The summed E-state index contributed by atoms with van der Waals surface area (Å²) < 4.78 is 27.8. The van der Waals surface area contributed by atoms with Crippen LogP contribution in [0.3, 0.4) is 0 Å². The molecule has 0 unspecified atom stereocenters. The third kappa shape index (κ3) is 7.53. The van der Waals surface area contributed by atoms with Crippen LogP contribution in [0, 0.1) is 0 Å². The summed E-state index contributed by atoms with van der Waals surface area (Å²) in [4.78, 5) is 12.7. The number of carbonyl (C=O) groups is 1. The molecule has 15 heteroatoms. The van der Waals surface area contributed by atoms with Crippen LogP contribution in [-0.2, 0) is 34.9 Å². The predicted molar refractivity (Wildman–Crippen MR) is 143 cm³/mol. The number of rotatable bonds is 11.